The Kier molecular flexibility index (Phi) is 6.91. The zero-order valence-corrected chi connectivity index (χ0v) is 18.5. The molecule has 8 nitrogen and oxygen atoms in total. The minimum absolute atomic E-state index is 0.205. The third-order valence-corrected chi connectivity index (χ3v) is 7.07. The first-order valence-electron chi connectivity index (χ1n) is 9.07. The molecule has 0 saturated heterocycles. The molecule has 0 aliphatic carbocycles. The number of amides is 1. The third kappa shape index (κ3) is 5.26. The van der Waals surface area contributed by atoms with Crippen molar-refractivity contribution >= 4 is 27.7 Å². The summed E-state index contributed by atoms with van der Waals surface area (Å²) in [4.78, 5) is 17.2. The Morgan fingerprint density at radius 3 is 2.57 bits per heavy atom. The molecule has 1 amide bonds. The molecule has 3 aromatic rings. The molecule has 0 bridgehead atoms. The number of hydrogen-bond acceptors (Lipinski definition) is 7. The maximum absolute atomic E-state index is 12.7. The molecule has 2 aromatic heterocycles. The van der Waals surface area contributed by atoms with Crippen LogP contribution in [0.5, 0.6) is 0 Å². The number of sulfonamides is 1. The van der Waals surface area contributed by atoms with Crippen LogP contribution in [0.2, 0.25) is 0 Å². The Hall–Kier alpha value is -2.69. The molecule has 0 fully saturated rings. The number of nitrogens with zero attached hydrogens (tertiary/aromatic N) is 3. The van der Waals surface area contributed by atoms with Crippen LogP contribution in [0.4, 0.5) is 0 Å². The largest absolute Gasteiger partial charge is 0.361 e. The van der Waals surface area contributed by atoms with Gasteiger partial charge in [0.05, 0.1) is 16.2 Å². The van der Waals surface area contributed by atoms with Gasteiger partial charge in [-0.25, -0.2) is 17.7 Å². The van der Waals surface area contributed by atoms with E-state index in [1.54, 1.807) is 30.5 Å². The van der Waals surface area contributed by atoms with Crippen molar-refractivity contribution in [2.75, 3.05) is 14.1 Å². The molecule has 0 aliphatic rings. The van der Waals surface area contributed by atoms with E-state index in [0.29, 0.717) is 16.3 Å². The number of benzene rings is 1. The van der Waals surface area contributed by atoms with Gasteiger partial charge in [0.1, 0.15) is 10.8 Å². The van der Waals surface area contributed by atoms with Gasteiger partial charge in [0.2, 0.25) is 10.0 Å². The lowest BCUT2D eigenvalue weighted by Gasteiger charge is -2.12. The molecular formula is C20H22N4O4S2. The first kappa shape index (κ1) is 22.0. The Morgan fingerprint density at radius 1 is 1.20 bits per heavy atom. The summed E-state index contributed by atoms with van der Waals surface area (Å²) in [5, 5.41) is 7.40. The second-order valence-corrected chi connectivity index (χ2v) is 9.80. The molecule has 1 N–H and O–H groups in total. The SMILES string of the molecule is Cc1cc(CSc2ncccc2C(=O)NCc2ccc(S(=O)(=O)N(C)C)cc2)no1. The number of carbonyl (C=O) groups is 1. The standard InChI is InChI=1S/C20H22N4O4S2/c1-14-11-16(23-28-14)13-29-20-18(5-4-10-21-20)19(25)22-12-15-6-8-17(9-7-15)30(26,27)24(2)3/h4-11H,12-13H2,1-3H3,(H,22,25). The van der Waals surface area contributed by atoms with E-state index in [9.17, 15) is 13.2 Å². The van der Waals surface area contributed by atoms with Gasteiger partial charge < -0.3 is 9.84 Å². The van der Waals surface area contributed by atoms with E-state index in [4.69, 9.17) is 4.52 Å². The van der Waals surface area contributed by atoms with Gasteiger partial charge in [0.25, 0.3) is 5.91 Å². The monoisotopic (exact) mass is 446 g/mol. The molecule has 2 heterocycles. The van der Waals surface area contributed by atoms with Crippen LogP contribution >= 0.6 is 11.8 Å². The van der Waals surface area contributed by atoms with Crippen LogP contribution in [0.1, 0.15) is 27.4 Å². The van der Waals surface area contributed by atoms with Crippen molar-refractivity contribution in [2.24, 2.45) is 0 Å². The molecule has 0 aliphatic heterocycles. The fourth-order valence-electron chi connectivity index (χ4n) is 2.57. The Labute approximate surface area is 179 Å². The molecule has 0 spiro atoms. The lowest BCUT2D eigenvalue weighted by atomic mass is 10.2. The van der Waals surface area contributed by atoms with Crippen molar-refractivity contribution in [2.45, 2.75) is 29.1 Å². The summed E-state index contributed by atoms with van der Waals surface area (Å²) >= 11 is 1.41. The molecule has 10 heteroatoms. The van der Waals surface area contributed by atoms with Gasteiger partial charge in [0, 0.05) is 38.7 Å². The summed E-state index contributed by atoms with van der Waals surface area (Å²) in [7, 11) is -0.512. The van der Waals surface area contributed by atoms with E-state index in [1.165, 1.54) is 38.0 Å². The lowest BCUT2D eigenvalue weighted by Crippen LogP contribution is -2.24. The molecule has 0 unspecified atom stereocenters. The van der Waals surface area contributed by atoms with E-state index in [2.05, 4.69) is 15.5 Å². The first-order chi connectivity index (χ1) is 14.3. The van der Waals surface area contributed by atoms with Crippen LogP contribution in [-0.4, -0.2) is 42.9 Å². The molecule has 158 valence electrons. The van der Waals surface area contributed by atoms with Crippen molar-refractivity contribution in [3.8, 4) is 0 Å². The van der Waals surface area contributed by atoms with Gasteiger partial charge in [-0.15, -0.1) is 0 Å². The summed E-state index contributed by atoms with van der Waals surface area (Å²) in [5.41, 5.74) is 2.04. The highest BCUT2D eigenvalue weighted by Crippen LogP contribution is 2.24. The number of rotatable bonds is 8. The van der Waals surface area contributed by atoms with E-state index in [0.717, 1.165) is 21.3 Å². The second kappa shape index (κ2) is 9.41. The highest BCUT2D eigenvalue weighted by Gasteiger charge is 2.17. The number of thioether (sulfide) groups is 1. The van der Waals surface area contributed by atoms with Gasteiger partial charge in [-0.1, -0.05) is 29.1 Å². The van der Waals surface area contributed by atoms with E-state index >= 15 is 0 Å². The minimum Gasteiger partial charge on any atom is -0.361 e. The summed E-state index contributed by atoms with van der Waals surface area (Å²) < 4.78 is 30.5. The summed E-state index contributed by atoms with van der Waals surface area (Å²) in [6.45, 7) is 2.09. The number of aryl methyl sites for hydroxylation is 1. The van der Waals surface area contributed by atoms with Crippen LogP contribution < -0.4 is 5.32 Å². The van der Waals surface area contributed by atoms with E-state index < -0.39 is 10.0 Å². The van der Waals surface area contributed by atoms with Crippen LogP contribution in [0.25, 0.3) is 0 Å². The normalized spacial score (nSPS) is 11.6. The predicted molar refractivity (Wildman–Crippen MR) is 114 cm³/mol. The smallest absolute Gasteiger partial charge is 0.254 e. The highest BCUT2D eigenvalue weighted by molar-refractivity contribution is 7.98. The topological polar surface area (TPSA) is 105 Å². The number of pyridine rings is 1. The van der Waals surface area contributed by atoms with Crippen molar-refractivity contribution in [1.82, 2.24) is 19.8 Å². The minimum atomic E-state index is -3.48. The first-order valence-corrected chi connectivity index (χ1v) is 11.5. The van der Waals surface area contributed by atoms with Crippen LogP contribution in [0.3, 0.4) is 0 Å². The van der Waals surface area contributed by atoms with Crippen LogP contribution in [-0.2, 0) is 22.3 Å². The Morgan fingerprint density at radius 2 is 1.93 bits per heavy atom. The van der Waals surface area contributed by atoms with Gasteiger partial charge in [-0.05, 0) is 36.8 Å². The third-order valence-electron chi connectivity index (χ3n) is 4.20. The number of nitrogens with one attached hydrogen (secondary N) is 1. The molecule has 0 radical (unpaired) electrons. The van der Waals surface area contributed by atoms with Gasteiger partial charge in [-0.2, -0.15) is 0 Å². The zero-order valence-electron chi connectivity index (χ0n) is 16.8. The van der Waals surface area contributed by atoms with E-state index in [-0.39, 0.29) is 17.3 Å². The van der Waals surface area contributed by atoms with E-state index in [1.807, 2.05) is 13.0 Å². The average molecular weight is 447 g/mol. The van der Waals surface area contributed by atoms with Gasteiger partial charge in [0.15, 0.2) is 0 Å². The quantitative estimate of drug-likeness (QED) is 0.530. The van der Waals surface area contributed by atoms with Gasteiger partial charge >= 0.3 is 0 Å². The number of aromatic nitrogens is 2. The second-order valence-electron chi connectivity index (χ2n) is 6.69. The highest BCUT2D eigenvalue weighted by atomic mass is 32.2. The summed E-state index contributed by atoms with van der Waals surface area (Å²) in [5.74, 6) is 1.01. The number of hydrogen-bond donors (Lipinski definition) is 1. The average Bonchev–Trinajstić information content (AvgIpc) is 3.16. The number of carbonyl (C=O) groups excluding carboxylic acids is 1. The van der Waals surface area contributed by atoms with Gasteiger partial charge in [-0.3, -0.25) is 4.79 Å². The van der Waals surface area contributed by atoms with Crippen molar-refractivity contribution < 1.29 is 17.7 Å². The zero-order chi connectivity index (χ0) is 21.7. The molecule has 1 aromatic carbocycles. The maximum Gasteiger partial charge on any atom is 0.254 e. The summed E-state index contributed by atoms with van der Waals surface area (Å²) in [6, 6.07) is 11.7. The molecule has 30 heavy (non-hydrogen) atoms. The van der Waals surface area contributed by atoms with Crippen molar-refractivity contribution in [1.29, 1.82) is 0 Å². The Balaban J connectivity index is 1.64. The summed E-state index contributed by atoms with van der Waals surface area (Å²) in [6.07, 6.45) is 1.64. The maximum atomic E-state index is 12.7. The molecule has 0 atom stereocenters. The fourth-order valence-corrected chi connectivity index (χ4v) is 4.35. The van der Waals surface area contributed by atoms with Crippen LogP contribution in [0.15, 0.2) is 63.1 Å². The van der Waals surface area contributed by atoms with Crippen molar-refractivity contribution in [3.05, 3.63) is 71.2 Å². The molecular weight excluding hydrogens is 424 g/mol. The predicted octanol–water partition coefficient (Wildman–Crippen LogP) is 2.85. The van der Waals surface area contributed by atoms with Crippen LogP contribution in [0, 0.1) is 6.92 Å². The fraction of sp³-hybridized carbons (Fsp3) is 0.250. The lowest BCUT2D eigenvalue weighted by molar-refractivity contribution is 0.0947. The molecule has 3 rings (SSSR count). The Bertz CT molecular complexity index is 1130. The van der Waals surface area contributed by atoms with Crippen molar-refractivity contribution in [3.63, 3.8) is 0 Å². The molecule has 0 saturated carbocycles.